The number of nitrogens with one attached hydrogen (secondary N) is 2. The van der Waals surface area contributed by atoms with Crippen LogP contribution in [0.2, 0.25) is 0 Å². The highest BCUT2D eigenvalue weighted by atomic mass is 16.5. The summed E-state index contributed by atoms with van der Waals surface area (Å²) in [6.07, 6.45) is 3.39. The second kappa shape index (κ2) is 12.0. The van der Waals surface area contributed by atoms with Crippen LogP contribution >= 0.6 is 0 Å². The fourth-order valence-electron chi connectivity index (χ4n) is 2.54. The van der Waals surface area contributed by atoms with E-state index in [1.54, 1.807) is 0 Å². The number of hydrogen-bond donors (Lipinski definition) is 2. The smallest absolute Gasteiger partial charge is 0.222 e. The number of ketones is 1. The fourth-order valence-corrected chi connectivity index (χ4v) is 2.54. The molecule has 1 aliphatic carbocycles. The van der Waals surface area contributed by atoms with Gasteiger partial charge in [-0.25, -0.2) is 0 Å². The van der Waals surface area contributed by atoms with Gasteiger partial charge in [-0.2, -0.15) is 0 Å². The van der Waals surface area contributed by atoms with Crippen molar-refractivity contribution in [3.63, 3.8) is 0 Å². The average Bonchev–Trinajstić information content (AvgIpc) is 2.48. The second-order valence-corrected chi connectivity index (χ2v) is 6.11. The normalized spacial score (nSPS) is 19.4. The number of ether oxygens (including phenoxy) is 2. The lowest BCUT2D eigenvalue weighted by molar-refractivity contribution is -0.129. The van der Waals surface area contributed by atoms with Crippen molar-refractivity contribution >= 4 is 17.6 Å². The maximum atomic E-state index is 11.7. The zero-order valence-electron chi connectivity index (χ0n) is 14.8. The predicted octanol–water partition coefficient (Wildman–Crippen LogP) is 0.810. The number of Topliss-reactive ketones (excluding diaryl/α,β-unsaturated/α-hetero) is 1. The minimum atomic E-state index is -0.0756. The molecule has 0 spiro atoms. The Balaban J connectivity index is 1.89. The second-order valence-electron chi connectivity index (χ2n) is 6.11. The van der Waals surface area contributed by atoms with Crippen molar-refractivity contribution in [3.05, 3.63) is 0 Å². The summed E-state index contributed by atoms with van der Waals surface area (Å²) < 4.78 is 10.6. The van der Waals surface area contributed by atoms with Crippen LogP contribution in [0.4, 0.5) is 0 Å². The van der Waals surface area contributed by atoms with Gasteiger partial charge in [0.05, 0.1) is 26.4 Å². The molecule has 7 nitrogen and oxygen atoms in total. The van der Waals surface area contributed by atoms with Crippen LogP contribution in [-0.4, -0.2) is 56.6 Å². The summed E-state index contributed by atoms with van der Waals surface area (Å²) in [6.45, 7) is 5.61. The van der Waals surface area contributed by atoms with Crippen LogP contribution in [0.5, 0.6) is 0 Å². The number of carbonyl (C=O) groups excluding carboxylic acids is 3. The van der Waals surface area contributed by atoms with Gasteiger partial charge in [0.15, 0.2) is 0 Å². The highest BCUT2D eigenvalue weighted by Crippen LogP contribution is 2.29. The van der Waals surface area contributed by atoms with E-state index in [4.69, 9.17) is 9.47 Å². The van der Waals surface area contributed by atoms with E-state index in [0.717, 1.165) is 19.3 Å². The molecule has 0 aromatic rings. The van der Waals surface area contributed by atoms with Crippen molar-refractivity contribution in [2.75, 3.05) is 33.0 Å². The Morgan fingerprint density at radius 2 is 1.67 bits per heavy atom. The first-order valence-electron chi connectivity index (χ1n) is 8.75. The first-order chi connectivity index (χ1) is 11.5. The Kier molecular flexibility index (Phi) is 10.3. The molecule has 7 heteroatoms. The number of rotatable bonds is 13. The lowest BCUT2D eigenvalue weighted by Gasteiger charge is -2.34. The standard InChI is InChI=1S/C17H30N2O5/c1-3-4-16(21)14-11-15(12-14)19-17(22)5-7-23-9-10-24-8-6-18-13(2)20/h14-15H,3-12H2,1-2H3,(H,18,20)(H,19,22). The molecule has 0 bridgehead atoms. The van der Waals surface area contributed by atoms with Crippen molar-refractivity contribution in [2.24, 2.45) is 5.92 Å². The predicted molar refractivity (Wildman–Crippen MR) is 89.5 cm³/mol. The number of hydrogen-bond acceptors (Lipinski definition) is 5. The van der Waals surface area contributed by atoms with Crippen molar-refractivity contribution in [1.82, 2.24) is 10.6 Å². The summed E-state index contributed by atoms with van der Waals surface area (Å²) in [5, 5.41) is 5.56. The van der Waals surface area contributed by atoms with Crippen LogP contribution in [0.25, 0.3) is 0 Å². The third-order valence-electron chi connectivity index (χ3n) is 3.92. The molecule has 1 fully saturated rings. The van der Waals surface area contributed by atoms with Crippen LogP contribution in [0.1, 0.15) is 46.0 Å². The molecule has 0 aromatic heterocycles. The van der Waals surface area contributed by atoms with E-state index in [1.807, 2.05) is 6.92 Å². The molecule has 0 unspecified atom stereocenters. The molecule has 0 saturated heterocycles. The highest BCUT2D eigenvalue weighted by Gasteiger charge is 2.34. The maximum Gasteiger partial charge on any atom is 0.222 e. The minimum Gasteiger partial charge on any atom is -0.379 e. The van der Waals surface area contributed by atoms with Crippen molar-refractivity contribution < 1.29 is 23.9 Å². The molecule has 2 amide bonds. The van der Waals surface area contributed by atoms with E-state index in [2.05, 4.69) is 10.6 Å². The number of amides is 2. The van der Waals surface area contributed by atoms with Crippen molar-refractivity contribution in [2.45, 2.75) is 52.0 Å². The lowest BCUT2D eigenvalue weighted by atomic mass is 9.76. The largest absolute Gasteiger partial charge is 0.379 e. The Hall–Kier alpha value is -1.47. The fraction of sp³-hybridized carbons (Fsp3) is 0.824. The summed E-state index contributed by atoms with van der Waals surface area (Å²) in [5.74, 6) is 0.354. The van der Waals surface area contributed by atoms with E-state index < -0.39 is 0 Å². The topological polar surface area (TPSA) is 93.7 Å². The molecule has 1 rings (SSSR count). The lowest BCUT2D eigenvalue weighted by Crippen LogP contribution is -2.46. The zero-order valence-corrected chi connectivity index (χ0v) is 14.8. The third-order valence-corrected chi connectivity index (χ3v) is 3.92. The molecule has 0 radical (unpaired) electrons. The zero-order chi connectivity index (χ0) is 17.8. The SMILES string of the molecule is CCCC(=O)C1CC(NC(=O)CCOCCOCCNC(C)=O)C1. The first kappa shape index (κ1) is 20.6. The van der Waals surface area contributed by atoms with Gasteiger partial charge < -0.3 is 20.1 Å². The summed E-state index contributed by atoms with van der Waals surface area (Å²) in [5.41, 5.74) is 0. The molecule has 1 aliphatic rings. The van der Waals surface area contributed by atoms with Gasteiger partial charge in [0.25, 0.3) is 0 Å². The molecular weight excluding hydrogens is 312 g/mol. The van der Waals surface area contributed by atoms with Crippen LogP contribution in [0, 0.1) is 5.92 Å². The summed E-state index contributed by atoms with van der Waals surface area (Å²) >= 11 is 0. The molecular formula is C17H30N2O5. The van der Waals surface area contributed by atoms with Gasteiger partial charge >= 0.3 is 0 Å². The monoisotopic (exact) mass is 342 g/mol. The first-order valence-corrected chi connectivity index (χ1v) is 8.75. The van der Waals surface area contributed by atoms with Crippen molar-refractivity contribution in [1.29, 1.82) is 0 Å². The Morgan fingerprint density at radius 1 is 1.00 bits per heavy atom. The van der Waals surface area contributed by atoms with Crippen molar-refractivity contribution in [3.8, 4) is 0 Å². The van der Waals surface area contributed by atoms with Gasteiger partial charge in [-0.15, -0.1) is 0 Å². The third kappa shape index (κ3) is 8.98. The van der Waals surface area contributed by atoms with Crippen LogP contribution in [-0.2, 0) is 23.9 Å². The molecule has 0 heterocycles. The molecule has 1 saturated carbocycles. The molecule has 0 aromatic carbocycles. The average molecular weight is 342 g/mol. The molecule has 0 aliphatic heterocycles. The Morgan fingerprint density at radius 3 is 2.29 bits per heavy atom. The highest BCUT2D eigenvalue weighted by molar-refractivity contribution is 5.82. The van der Waals surface area contributed by atoms with E-state index in [1.165, 1.54) is 6.92 Å². The molecule has 138 valence electrons. The molecule has 0 atom stereocenters. The van der Waals surface area contributed by atoms with Crippen LogP contribution in [0.3, 0.4) is 0 Å². The maximum absolute atomic E-state index is 11.7. The van der Waals surface area contributed by atoms with E-state index in [0.29, 0.717) is 51.6 Å². The van der Waals surface area contributed by atoms with E-state index in [9.17, 15) is 14.4 Å². The summed E-state index contributed by atoms with van der Waals surface area (Å²) in [4.78, 5) is 34.0. The Bertz CT molecular complexity index is 408. The number of carbonyl (C=O) groups is 3. The van der Waals surface area contributed by atoms with E-state index in [-0.39, 0.29) is 23.8 Å². The van der Waals surface area contributed by atoms with Crippen LogP contribution < -0.4 is 10.6 Å². The van der Waals surface area contributed by atoms with Gasteiger partial charge in [0.2, 0.25) is 11.8 Å². The quantitative estimate of drug-likeness (QED) is 0.483. The minimum absolute atomic E-state index is 0.0343. The van der Waals surface area contributed by atoms with E-state index >= 15 is 0 Å². The van der Waals surface area contributed by atoms with Gasteiger partial charge in [0, 0.05) is 38.3 Å². The van der Waals surface area contributed by atoms with Gasteiger partial charge in [-0.05, 0) is 19.3 Å². The van der Waals surface area contributed by atoms with Gasteiger partial charge in [-0.1, -0.05) is 6.92 Å². The van der Waals surface area contributed by atoms with Gasteiger partial charge in [-0.3, -0.25) is 14.4 Å². The molecule has 2 N–H and O–H groups in total. The Labute approximate surface area is 143 Å². The van der Waals surface area contributed by atoms with Crippen LogP contribution in [0.15, 0.2) is 0 Å². The summed E-state index contributed by atoms with van der Waals surface area (Å²) in [6, 6.07) is 0.139. The van der Waals surface area contributed by atoms with Gasteiger partial charge in [0.1, 0.15) is 5.78 Å². The molecule has 24 heavy (non-hydrogen) atoms. The summed E-state index contributed by atoms with van der Waals surface area (Å²) in [7, 11) is 0.